The Balaban J connectivity index is 1.88. The predicted octanol–water partition coefficient (Wildman–Crippen LogP) is 3.31. The van der Waals surface area contributed by atoms with E-state index in [0.717, 1.165) is 24.8 Å². The number of hydrogen-bond acceptors (Lipinski definition) is 4. The molecule has 0 heterocycles. The maximum atomic E-state index is 12.9. The van der Waals surface area contributed by atoms with E-state index in [-0.39, 0.29) is 16.5 Å². The van der Waals surface area contributed by atoms with E-state index in [1.165, 1.54) is 24.3 Å². The molecular formula is C20H23NO4S. The third kappa shape index (κ3) is 3.66. The fourth-order valence-electron chi connectivity index (χ4n) is 3.36. The maximum Gasteiger partial charge on any atom is 0.337 e. The summed E-state index contributed by atoms with van der Waals surface area (Å²) >= 11 is 0. The van der Waals surface area contributed by atoms with Crippen LogP contribution in [0.1, 0.15) is 52.0 Å². The van der Waals surface area contributed by atoms with Crippen molar-refractivity contribution >= 4 is 16.0 Å². The van der Waals surface area contributed by atoms with Gasteiger partial charge in [-0.3, -0.25) is 0 Å². The third-order valence-corrected chi connectivity index (χ3v) is 6.54. The highest BCUT2D eigenvalue weighted by atomic mass is 32.2. The Hall–Kier alpha value is -2.18. The third-order valence-electron chi connectivity index (χ3n) is 4.85. The smallest absolute Gasteiger partial charge is 0.337 e. The van der Waals surface area contributed by atoms with Crippen LogP contribution >= 0.6 is 0 Å². The number of methoxy groups -OCH3 is 1. The number of ether oxygens (including phenoxy) is 1. The van der Waals surface area contributed by atoms with Gasteiger partial charge in [-0.25, -0.2) is 17.9 Å². The van der Waals surface area contributed by atoms with Gasteiger partial charge in [-0.2, -0.15) is 0 Å². The van der Waals surface area contributed by atoms with Crippen molar-refractivity contribution in [2.24, 2.45) is 0 Å². The monoisotopic (exact) mass is 373 g/mol. The lowest BCUT2D eigenvalue weighted by atomic mass is 10.0. The van der Waals surface area contributed by atoms with Gasteiger partial charge in [-0.15, -0.1) is 0 Å². The van der Waals surface area contributed by atoms with Crippen LogP contribution in [0.3, 0.4) is 0 Å². The van der Waals surface area contributed by atoms with Gasteiger partial charge in [0, 0.05) is 6.04 Å². The van der Waals surface area contributed by atoms with Gasteiger partial charge in [0.25, 0.3) is 0 Å². The first-order valence-electron chi connectivity index (χ1n) is 8.65. The van der Waals surface area contributed by atoms with E-state index < -0.39 is 16.0 Å². The van der Waals surface area contributed by atoms with E-state index in [2.05, 4.69) is 21.6 Å². The Labute approximate surface area is 154 Å². The number of nitrogens with one attached hydrogen (secondary N) is 1. The maximum absolute atomic E-state index is 12.9. The molecule has 1 atom stereocenters. The van der Waals surface area contributed by atoms with Crippen LogP contribution in [0.25, 0.3) is 0 Å². The largest absolute Gasteiger partial charge is 0.465 e. The predicted molar refractivity (Wildman–Crippen MR) is 99.7 cm³/mol. The molecule has 1 aliphatic carbocycles. The molecule has 3 rings (SSSR count). The SMILES string of the molecule is COC(=O)c1ccc(C)c(S(=O)(=O)N[C@H](C)c2ccc3c(c2)CCC3)c1. The molecule has 2 aromatic carbocycles. The van der Waals surface area contributed by atoms with Gasteiger partial charge in [0.2, 0.25) is 10.0 Å². The van der Waals surface area contributed by atoms with Crippen LogP contribution in [-0.2, 0) is 27.6 Å². The molecule has 0 aliphatic heterocycles. The summed E-state index contributed by atoms with van der Waals surface area (Å²) in [5, 5.41) is 0. The highest BCUT2D eigenvalue weighted by Crippen LogP contribution is 2.27. The fourth-order valence-corrected chi connectivity index (χ4v) is 4.86. The Kier molecular flexibility index (Phi) is 5.16. The lowest BCUT2D eigenvalue weighted by Crippen LogP contribution is -2.27. The molecule has 0 amide bonds. The summed E-state index contributed by atoms with van der Waals surface area (Å²) in [5.41, 5.74) is 4.38. The molecule has 0 saturated carbocycles. The fraction of sp³-hybridized carbons (Fsp3) is 0.350. The minimum absolute atomic E-state index is 0.0911. The Morgan fingerprint density at radius 1 is 1.12 bits per heavy atom. The van der Waals surface area contributed by atoms with E-state index in [1.54, 1.807) is 19.1 Å². The second kappa shape index (κ2) is 7.21. The number of fused-ring (bicyclic) bond motifs is 1. The first kappa shape index (κ1) is 18.6. The first-order chi connectivity index (χ1) is 12.3. The van der Waals surface area contributed by atoms with E-state index in [0.29, 0.717) is 5.56 Å². The number of carbonyl (C=O) groups is 1. The highest BCUT2D eigenvalue weighted by Gasteiger charge is 2.23. The molecule has 2 aromatic rings. The Morgan fingerprint density at radius 2 is 1.85 bits per heavy atom. The van der Waals surface area contributed by atoms with Gasteiger partial charge >= 0.3 is 5.97 Å². The minimum atomic E-state index is -3.77. The van der Waals surface area contributed by atoms with Crippen molar-refractivity contribution in [2.45, 2.75) is 44.0 Å². The zero-order valence-electron chi connectivity index (χ0n) is 15.2. The molecule has 1 aliphatic rings. The molecule has 5 nitrogen and oxygen atoms in total. The number of benzene rings is 2. The van der Waals surface area contributed by atoms with Gasteiger partial charge in [0.1, 0.15) is 0 Å². The van der Waals surface area contributed by atoms with Crippen molar-refractivity contribution in [1.82, 2.24) is 4.72 Å². The van der Waals surface area contributed by atoms with Crippen LogP contribution in [0.15, 0.2) is 41.3 Å². The van der Waals surface area contributed by atoms with Crippen LogP contribution in [0.2, 0.25) is 0 Å². The van der Waals surface area contributed by atoms with Crippen LogP contribution in [0, 0.1) is 6.92 Å². The van der Waals surface area contributed by atoms with E-state index in [1.807, 2.05) is 13.0 Å². The van der Waals surface area contributed by atoms with E-state index in [4.69, 9.17) is 0 Å². The first-order valence-corrected chi connectivity index (χ1v) is 10.1. The van der Waals surface area contributed by atoms with Crippen molar-refractivity contribution in [3.8, 4) is 0 Å². The molecular weight excluding hydrogens is 350 g/mol. The molecule has 0 radical (unpaired) electrons. The second-order valence-corrected chi connectivity index (χ2v) is 8.38. The summed E-state index contributed by atoms with van der Waals surface area (Å²) < 4.78 is 33.1. The van der Waals surface area contributed by atoms with Gasteiger partial charge in [0.15, 0.2) is 0 Å². The van der Waals surface area contributed by atoms with Crippen LogP contribution in [0.4, 0.5) is 0 Å². The van der Waals surface area contributed by atoms with Gasteiger partial charge in [0.05, 0.1) is 17.6 Å². The number of hydrogen-bond donors (Lipinski definition) is 1. The molecule has 0 fully saturated rings. The molecule has 6 heteroatoms. The molecule has 0 aromatic heterocycles. The average molecular weight is 373 g/mol. The van der Waals surface area contributed by atoms with Crippen molar-refractivity contribution < 1.29 is 17.9 Å². The standard InChI is InChI=1S/C20H23NO4S/c1-13-7-8-18(20(22)25-3)12-19(13)26(23,24)21-14(2)16-10-9-15-5-4-6-17(15)11-16/h7-12,14,21H,4-6H2,1-3H3/t14-/m1/s1. The topological polar surface area (TPSA) is 72.5 Å². The van der Waals surface area contributed by atoms with E-state index >= 15 is 0 Å². The molecule has 138 valence electrons. The molecule has 0 unspecified atom stereocenters. The van der Waals surface area contributed by atoms with Crippen molar-refractivity contribution in [1.29, 1.82) is 0 Å². The number of aryl methyl sites for hydroxylation is 3. The molecule has 1 N–H and O–H groups in total. The lowest BCUT2D eigenvalue weighted by molar-refractivity contribution is 0.0600. The summed E-state index contributed by atoms with van der Waals surface area (Å²) in [6.45, 7) is 3.53. The van der Waals surface area contributed by atoms with Crippen molar-refractivity contribution in [2.75, 3.05) is 7.11 Å². The van der Waals surface area contributed by atoms with Gasteiger partial charge in [-0.05, 0) is 67.5 Å². The highest BCUT2D eigenvalue weighted by molar-refractivity contribution is 7.89. The second-order valence-electron chi connectivity index (χ2n) is 6.70. The summed E-state index contributed by atoms with van der Waals surface area (Å²) in [6, 6.07) is 10.3. The van der Waals surface area contributed by atoms with Crippen LogP contribution in [-0.4, -0.2) is 21.5 Å². The zero-order chi connectivity index (χ0) is 18.9. The molecule has 0 bridgehead atoms. The van der Waals surface area contributed by atoms with Crippen molar-refractivity contribution in [3.63, 3.8) is 0 Å². The number of sulfonamides is 1. The quantitative estimate of drug-likeness (QED) is 0.816. The molecule has 0 spiro atoms. The Morgan fingerprint density at radius 3 is 2.58 bits per heavy atom. The number of carbonyl (C=O) groups excluding carboxylic acids is 1. The van der Waals surface area contributed by atoms with Crippen LogP contribution < -0.4 is 4.72 Å². The summed E-state index contributed by atoms with van der Waals surface area (Å²) in [7, 11) is -2.51. The van der Waals surface area contributed by atoms with E-state index in [9.17, 15) is 13.2 Å². The molecule has 0 saturated heterocycles. The Bertz CT molecular complexity index is 950. The number of esters is 1. The van der Waals surface area contributed by atoms with Gasteiger partial charge < -0.3 is 4.74 Å². The summed E-state index contributed by atoms with van der Waals surface area (Å²) in [5.74, 6) is -0.562. The lowest BCUT2D eigenvalue weighted by Gasteiger charge is -2.17. The average Bonchev–Trinajstić information content (AvgIpc) is 3.08. The minimum Gasteiger partial charge on any atom is -0.465 e. The molecule has 26 heavy (non-hydrogen) atoms. The normalized spacial score (nSPS) is 14.7. The van der Waals surface area contributed by atoms with Gasteiger partial charge in [-0.1, -0.05) is 24.3 Å². The summed E-state index contributed by atoms with van der Waals surface area (Å²) in [6.07, 6.45) is 3.29. The number of rotatable bonds is 5. The van der Waals surface area contributed by atoms with Crippen molar-refractivity contribution in [3.05, 3.63) is 64.2 Å². The van der Waals surface area contributed by atoms with Crippen LogP contribution in [0.5, 0.6) is 0 Å². The summed E-state index contributed by atoms with van der Waals surface area (Å²) in [4.78, 5) is 11.8. The zero-order valence-corrected chi connectivity index (χ0v) is 16.0.